The summed E-state index contributed by atoms with van der Waals surface area (Å²) in [4.78, 5) is 0. The molecular formula is C9H16ClN3. The van der Waals surface area contributed by atoms with Crippen molar-refractivity contribution in [2.24, 2.45) is 0 Å². The van der Waals surface area contributed by atoms with Crippen molar-refractivity contribution in [3.05, 3.63) is 18.5 Å². The molecular weight excluding hydrogens is 186 g/mol. The monoisotopic (exact) mass is 201 g/mol. The van der Waals surface area contributed by atoms with Crippen LogP contribution < -0.4 is 5.32 Å². The molecule has 3 nitrogen and oxygen atoms in total. The Labute approximate surface area is 84.1 Å². The lowest BCUT2D eigenvalue weighted by Gasteiger charge is -2.23. The third-order valence-corrected chi connectivity index (χ3v) is 2.51. The first-order valence-electron chi connectivity index (χ1n) is 4.42. The molecule has 0 radical (unpaired) electrons. The van der Waals surface area contributed by atoms with Gasteiger partial charge in [-0.15, -0.1) is 11.6 Å². The van der Waals surface area contributed by atoms with Gasteiger partial charge < -0.3 is 5.32 Å². The van der Waals surface area contributed by atoms with Crippen LogP contribution in [0.15, 0.2) is 18.5 Å². The summed E-state index contributed by atoms with van der Waals surface area (Å²) < 4.78 is 1.90. The number of alkyl halides is 1. The van der Waals surface area contributed by atoms with E-state index in [2.05, 4.69) is 24.3 Å². The molecule has 0 aliphatic rings. The first-order chi connectivity index (χ1) is 6.14. The molecule has 0 saturated heterocycles. The average Bonchev–Trinajstić information content (AvgIpc) is 2.57. The molecule has 0 aliphatic carbocycles. The Hall–Kier alpha value is -0.540. The van der Waals surface area contributed by atoms with Gasteiger partial charge in [0.05, 0.1) is 6.54 Å². The zero-order chi connectivity index (χ0) is 9.73. The number of nitrogens with one attached hydrogen (secondary N) is 1. The molecule has 0 unspecified atom stereocenters. The summed E-state index contributed by atoms with van der Waals surface area (Å²) in [6.45, 7) is 5.95. The summed E-state index contributed by atoms with van der Waals surface area (Å²) in [5, 5.41) is 7.46. The Balaban J connectivity index is 2.21. The van der Waals surface area contributed by atoms with E-state index < -0.39 is 0 Å². The van der Waals surface area contributed by atoms with Crippen LogP contribution in [0.3, 0.4) is 0 Å². The van der Waals surface area contributed by atoms with Crippen LogP contribution in [-0.2, 0) is 6.54 Å². The van der Waals surface area contributed by atoms with Crippen LogP contribution in [0.25, 0.3) is 0 Å². The largest absolute Gasteiger partial charge is 0.309 e. The van der Waals surface area contributed by atoms with Gasteiger partial charge in [0, 0.05) is 30.4 Å². The minimum Gasteiger partial charge on any atom is -0.309 e. The van der Waals surface area contributed by atoms with Crippen LogP contribution in [0.4, 0.5) is 0 Å². The summed E-state index contributed by atoms with van der Waals surface area (Å²) in [5.41, 5.74) is 0.00864. The lowest BCUT2D eigenvalue weighted by atomic mass is 10.1. The van der Waals surface area contributed by atoms with Crippen molar-refractivity contribution in [2.45, 2.75) is 25.9 Å². The minimum atomic E-state index is 0.00864. The highest BCUT2D eigenvalue weighted by molar-refractivity contribution is 6.18. The van der Waals surface area contributed by atoms with E-state index in [-0.39, 0.29) is 5.54 Å². The second kappa shape index (κ2) is 4.63. The van der Waals surface area contributed by atoms with Gasteiger partial charge in [-0.3, -0.25) is 4.68 Å². The lowest BCUT2D eigenvalue weighted by Crippen LogP contribution is -2.42. The highest BCUT2D eigenvalue weighted by Crippen LogP contribution is 2.03. The van der Waals surface area contributed by atoms with E-state index in [1.54, 1.807) is 6.20 Å². The van der Waals surface area contributed by atoms with Crippen molar-refractivity contribution >= 4 is 11.6 Å². The molecule has 0 aliphatic heterocycles. The smallest absolute Gasteiger partial charge is 0.0534 e. The van der Waals surface area contributed by atoms with E-state index in [1.165, 1.54) is 0 Å². The van der Waals surface area contributed by atoms with Gasteiger partial charge >= 0.3 is 0 Å². The van der Waals surface area contributed by atoms with Gasteiger partial charge in [0.1, 0.15) is 0 Å². The molecule has 0 spiro atoms. The van der Waals surface area contributed by atoms with Crippen LogP contribution in [0.1, 0.15) is 13.8 Å². The molecule has 1 aromatic rings. The summed E-state index contributed by atoms with van der Waals surface area (Å²) in [6, 6.07) is 1.92. The fourth-order valence-corrected chi connectivity index (χ4v) is 1.08. The number of rotatable bonds is 5. The fourth-order valence-electron chi connectivity index (χ4n) is 0.989. The molecule has 0 atom stereocenters. The number of aromatic nitrogens is 2. The normalized spacial score (nSPS) is 11.9. The second-order valence-corrected chi connectivity index (χ2v) is 3.98. The number of hydrogen-bond donors (Lipinski definition) is 1. The van der Waals surface area contributed by atoms with Crippen LogP contribution in [0, 0.1) is 0 Å². The highest BCUT2D eigenvalue weighted by Gasteiger charge is 2.13. The van der Waals surface area contributed by atoms with Crippen molar-refractivity contribution in [3.8, 4) is 0 Å². The van der Waals surface area contributed by atoms with Gasteiger partial charge in [-0.2, -0.15) is 5.10 Å². The third kappa shape index (κ3) is 3.79. The van der Waals surface area contributed by atoms with Gasteiger partial charge in [-0.1, -0.05) is 0 Å². The SMILES string of the molecule is CC(C)(CCl)NCCn1cccn1. The van der Waals surface area contributed by atoms with E-state index in [4.69, 9.17) is 11.6 Å². The maximum Gasteiger partial charge on any atom is 0.0534 e. The third-order valence-electron chi connectivity index (χ3n) is 1.84. The van der Waals surface area contributed by atoms with Gasteiger partial charge in [0.2, 0.25) is 0 Å². The molecule has 4 heteroatoms. The van der Waals surface area contributed by atoms with Gasteiger partial charge in [-0.05, 0) is 19.9 Å². The van der Waals surface area contributed by atoms with Crippen LogP contribution in [0.2, 0.25) is 0 Å². The number of nitrogens with zero attached hydrogens (tertiary/aromatic N) is 2. The number of hydrogen-bond acceptors (Lipinski definition) is 2. The zero-order valence-corrected chi connectivity index (χ0v) is 8.88. The van der Waals surface area contributed by atoms with Crippen LogP contribution in [-0.4, -0.2) is 27.7 Å². The molecule has 0 amide bonds. The first kappa shape index (κ1) is 10.5. The minimum absolute atomic E-state index is 0.00864. The number of halogens is 1. The van der Waals surface area contributed by atoms with Crippen LogP contribution in [0.5, 0.6) is 0 Å². The van der Waals surface area contributed by atoms with E-state index in [1.807, 2.05) is 16.9 Å². The summed E-state index contributed by atoms with van der Waals surface area (Å²) in [7, 11) is 0. The standard InChI is InChI=1S/C9H16ClN3/c1-9(2,8-10)11-5-7-13-6-3-4-12-13/h3-4,6,11H,5,7-8H2,1-2H3. The molecule has 0 saturated carbocycles. The van der Waals surface area contributed by atoms with Crippen molar-refractivity contribution in [1.82, 2.24) is 15.1 Å². The molecule has 0 bridgehead atoms. The van der Waals surface area contributed by atoms with Crippen LogP contribution >= 0.6 is 11.6 Å². The summed E-state index contributed by atoms with van der Waals surface area (Å²) in [5.74, 6) is 0.617. The van der Waals surface area contributed by atoms with Gasteiger partial charge in [0.25, 0.3) is 0 Å². The maximum atomic E-state index is 5.77. The molecule has 0 fully saturated rings. The molecule has 1 rings (SSSR count). The Kier molecular flexibility index (Phi) is 3.75. The Bertz CT molecular complexity index is 231. The summed E-state index contributed by atoms with van der Waals surface area (Å²) >= 11 is 5.77. The van der Waals surface area contributed by atoms with Crippen molar-refractivity contribution in [2.75, 3.05) is 12.4 Å². The van der Waals surface area contributed by atoms with Crippen molar-refractivity contribution < 1.29 is 0 Å². The van der Waals surface area contributed by atoms with E-state index in [0.717, 1.165) is 13.1 Å². The van der Waals surface area contributed by atoms with Crippen molar-refractivity contribution in [3.63, 3.8) is 0 Å². The molecule has 1 N–H and O–H groups in total. The molecule has 74 valence electrons. The van der Waals surface area contributed by atoms with Gasteiger partial charge in [-0.25, -0.2) is 0 Å². The van der Waals surface area contributed by atoms with Crippen molar-refractivity contribution in [1.29, 1.82) is 0 Å². The lowest BCUT2D eigenvalue weighted by molar-refractivity contribution is 0.409. The Morgan fingerprint density at radius 3 is 2.85 bits per heavy atom. The Morgan fingerprint density at radius 1 is 1.54 bits per heavy atom. The summed E-state index contributed by atoms with van der Waals surface area (Å²) in [6.07, 6.45) is 3.74. The molecule has 0 aromatic carbocycles. The average molecular weight is 202 g/mol. The first-order valence-corrected chi connectivity index (χ1v) is 4.96. The topological polar surface area (TPSA) is 29.9 Å². The van der Waals surface area contributed by atoms with E-state index in [9.17, 15) is 0 Å². The Morgan fingerprint density at radius 2 is 2.31 bits per heavy atom. The molecule has 1 aromatic heterocycles. The quantitative estimate of drug-likeness (QED) is 0.732. The maximum absolute atomic E-state index is 5.77. The fraction of sp³-hybridized carbons (Fsp3) is 0.667. The van der Waals surface area contributed by atoms with E-state index >= 15 is 0 Å². The van der Waals surface area contributed by atoms with E-state index in [0.29, 0.717) is 5.88 Å². The predicted octanol–water partition coefficient (Wildman–Crippen LogP) is 1.49. The van der Waals surface area contributed by atoms with Gasteiger partial charge in [0.15, 0.2) is 0 Å². The molecule has 13 heavy (non-hydrogen) atoms. The second-order valence-electron chi connectivity index (χ2n) is 3.71. The molecule has 1 heterocycles. The highest BCUT2D eigenvalue weighted by atomic mass is 35.5. The predicted molar refractivity (Wildman–Crippen MR) is 55.0 cm³/mol. The zero-order valence-electron chi connectivity index (χ0n) is 8.13.